The number of hydrogen-bond donors (Lipinski definition) is 1. The molecular formula is C15H20N2O5S. The van der Waals surface area contributed by atoms with E-state index in [0.717, 1.165) is 6.26 Å². The number of carboxylic acid groups (broad SMARTS) is 1. The van der Waals surface area contributed by atoms with E-state index in [1.807, 2.05) is 0 Å². The molecule has 1 aliphatic rings. The van der Waals surface area contributed by atoms with E-state index < -0.39 is 16.0 Å². The van der Waals surface area contributed by atoms with Crippen LogP contribution in [0.3, 0.4) is 0 Å². The van der Waals surface area contributed by atoms with Crippen molar-refractivity contribution in [1.82, 2.24) is 9.21 Å². The number of carbonyl (C=O) groups is 2. The fourth-order valence-corrected chi connectivity index (χ4v) is 3.95. The highest BCUT2D eigenvalue weighted by Gasteiger charge is 2.31. The summed E-state index contributed by atoms with van der Waals surface area (Å²) in [6, 6.07) is 6.11. The molecule has 0 aromatic heterocycles. The number of carbonyl (C=O) groups excluding carboxylic acids is 1. The van der Waals surface area contributed by atoms with Crippen LogP contribution >= 0.6 is 0 Å². The first kappa shape index (κ1) is 17.4. The van der Waals surface area contributed by atoms with Gasteiger partial charge in [0, 0.05) is 25.7 Å². The molecule has 126 valence electrons. The highest BCUT2D eigenvalue weighted by molar-refractivity contribution is 7.88. The second-order valence-electron chi connectivity index (χ2n) is 5.70. The number of amides is 1. The number of rotatable bonds is 4. The normalized spacial score (nSPS) is 19.6. The molecular weight excluding hydrogens is 320 g/mol. The lowest BCUT2D eigenvalue weighted by Gasteiger charge is -2.38. The van der Waals surface area contributed by atoms with Crippen molar-refractivity contribution in [3.8, 4) is 0 Å². The van der Waals surface area contributed by atoms with E-state index in [2.05, 4.69) is 0 Å². The van der Waals surface area contributed by atoms with Crippen molar-refractivity contribution in [3.63, 3.8) is 0 Å². The van der Waals surface area contributed by atoms with E-state index in [4.69, 9.17) is 5.11 Å². The summed E-state index contributed by atoms with van der Waals surface area (Å²) in [6.07, 6.45) is 1.15. The minimum absolute atomic E-state index is 0.00588. The van der Waals surface area contributed by atoms with Gasteiger partial charge in [0.25, 0.3) is 0 Å². The van der Waals surface area contributed by atoms with Crippen LogP contribution in [-0.2, 0) is 21.2 Å². The largest absolute Gasteiger partial charge is 0.478 e. The smallest absolute Gasteiger partial charge is 0.335 e. The van der Waals surface area contributed by atoms with Crippen LogP contribution in [0, 0.1) is 0 Å². The van der Waals surface area contributed by atoms with Crippen LogP contribution in [0.2, 0.25) is 0 Å². The van der Waals surface area contributed by atoms with Crippen molar-refractivity contribution < 1.29 is 23.1 Å². The maximum atomic E-state index is 12.4. The zero-order valence-corrected chi connectivity index (χ0v) is 13.9. The van der Waals surface area contributed by atoms with Crippen LogP contribution in [0.1, 0.15) is 22.8 Å². The molecule has 1 saturated heterocycles. The second-order valence-corrected chi connectivity index (χ2v) is 7.64. The molecule has 23 heavy (non-hydrogen) atoms. The molecule has 8 heteroatoms. The summed E-state index contributed by atoms with van der Waals surface area (Å²) in [5, 5.41) is 9.16. The molecule has 1 amide bonds. The molecule has 2 rings (SSSR count). The van der Waals surface area contributed by atoms with Gasteiger partial charge in [0.15, 0.2) is 0 Å². The predicted octanol–water partition coefficient (Wildman–Crippen LogP) is 0.420. The van der Waals surface area contributed by atoms with Gasteiger partial charge in [-0.3, -0.25) is 4.79 Å². The molecule has 0 unspecified atom stereocenters. The molecule has 0 spiro atoms. The Labute approximate surface area is 135 Å². The zero-order chi connectivity index (χ0) is 17.2. The summed E-state index contributed by atoms with van der Waals surface area (Å²) in [5.74, 6) is -1.26. The molecule has 1 N–H and O–H groups in total. The Morgan fingerprint density at radius 3 is 2.48 bits per heavy atom. The highest BCUT2D eigenvalue weighted by atomic mass is 32.2. The molecule has 0 aliphatic carbocycles. The Bertz CT molecular complexity index is 716. The van der Waals surface area contributed by atoms with Gasteiger partial charge in [0.1, 0.15) is 0 Å². The summed E-state index contributed by atoms with van der Waals surface area (Å²) in [4.78, 5) is 25.2. The zero-order valence-electron chi connectivity index (χ0n) is 13.1. The molecule has 1 aromatic carbocycles. The van der Waals surface area contributed by atoms with Crippen molar-refractivity contribution in [3.05, 3.63) is 35.4 Å². The minimum atomic E-state index is -3.28. The van der Waals surface area contributed by atoms with Crippen molar-refractivity contribution in [2.45, 2.75) is 19.4 Å². The van der Waals surface area contributed by atoms with Gasteiger partial charge in [-0.2, -0.15) is 4.31 Å². The number of sulfonamides is 1. The summed E-state index contributed by atoms with van der Waals surface area (Å²) in [6.45, 7) is 2.63. The number of hydrogen-bond acceptors (Lipinski definition) is 4. The Morgan fingerprint density at radius 2 is 1.91 bits per heavy atom. The number of carboxylic acids is 1. The van der Waals surface area contributed by atoms with Gasteiger partial charge in [0.05, 0.1) is 18.2 Å². The van der Waals surface area contributed by atoms with E-state index in [1.54, 1.807) is 30.0 Å². The molecule has 1 atom stereocenters. The fourth-order valence-electron chi connectivity index (χ4n) is 2.82. The standard InChI is InChI=1S/C15H20N2O5S/c1-11-10-16(7-8-17(11)23(2,21)22)14(18)9-12-5-3-4-6-13(12)15(19)20/h3-6,11H,7-10H2,1-2H3,(H,19,20)/t11-/m0/s1. The van der Waals surface area contributed by atoms with E-state index in [0.29, 0.717) is 18.7 Å². The number of benzene rings is 1. The minimum Gasteiger partial charge on any atom is -0.478 e. The second kappa shape index (κ2) is 6.67. The van der Waals surface area contributed by atoms with Crippen molar-refractivity contribution >= 4 is 21.9 Å². The first-order valence-corrected chi connectivity index (χ1v) is 9.10. The van der Waals surface area contributed by atoms with Crippen LogP contribution in [-0.4, -0.2) is 66.5 Å². The van der Waals surface area contributed by atoms with E-state index >= 15 is 0 Å². The average molecular weight is 340 g/mol. The quantitative estimate of drug-likeness (QED) is 0.857. The van der Waals surface area contributed by atoms with Crippen molar-refractivity contribution in [1.29, 1.82) is 0 Å². The number of aromatic carboxylic acids is 1. The lowest BCUT2D eigenvalue weighted by Crippen LogP contribution is -2.55. The van der Waals surface area contributed by atoms with E-state index in [1.165, 1.54) is 10.4 Å². The van der Waals surface area contributed by atoms with Gasteiger partial charge in [-0.05, 0) is 18.6 Å². The molecule has 0 saturated carbocycles. The Balaban J connectivity index is 2.08. The number of nitrogens with zero attached hydrogens (tertiary/aromatic N) is 2. The van der Waals surface area contributed by atoms with Gasteiger partial charge >= 0.3 is 5.97 Å². The SMILES string of the molecule is C[C@H]1CN(C(=O)Cc2ccccc2C(=O)O)CCN1S(C)(=O)=O. The topological polar surface area (TPSA) is 95.0 Å². The first-order chi connectivity index (χ1) is 10.7. The van der Waals surface area contributed by atoms with E-state index in [-0.39, 0.29) is 30.5 Å². The monoisotopic (exact) mass is 340 g/mol. The Morgan fingerprint density at radius 1 is 1.26 bits per heavy atom. The third kappa shape index (κ3) is 4.08. The van der Waals surface area contributed by atoms with Crippen LogP contribution < -0.4 is 0 Å². The van der Waals surface area contributed by atoms with Crippen LogP contribution in [0.4, 0.5) is 0 Å². The Kier molecular flexibility index (Phi) is 5.06. The lowest BCUT2D eigenvalue weighted by atomic mass is 10.0. The molecule has 0 bridgehead atoms. The average Bonchev–Trinajstić information content (AvgIpc) is 2.46. The third-order valence-corrected chi connectivity index (χ3v) is 5.33. The Hall–Kier alpha value is -1.93. The summed E-state index contributed by atoms with van der Waals surface area (Å²) in [7, 11) is -3.28. The number of piperazine rings is 1. The summed E-state index contributed by atoms with van der Waals surface area (Å²) in [5.41, 5.74) is 0.576. The van der Waals surface area contributed by atoms with Crippen LogP contribution in [0.15, 0.2) is 24.3 Å². The first-order valence-electron chi connectivity index (χ1n) is 7.26. The molecule has 1 aromatic rings. The molecule has 7 nitrogen and oxygen atoms in total. The predicted molar refractivity (Wildman–Crippen MR) is 84.7 cm³/mol. The van der Waals surface area contributed by atoms with Gasteiger partial charge in [-0.1, -0.05) is 18.2 Å². The summed E-state index contributed by atoms with van der Waals surface area (Å²) < 4.78 is 24.7. The summed E-state index contributed by atoms with van der Waals surface area (Å²) >= 11 is 0. The lowest BCUT2D eigenvalue weighted by molar-refractivity contribution is -0.132. The van der Waals surface area contributed by atoms with Crippen LogP contribution in [0.5, 0.6) is 0 Å². The third-order valence-electron chi connectivity index (χ3n) is 3.93. The van der Waals surface area contributed by atoms with Gasteiger partial charge in [-0.15, -0.1) is 0 Å². The van der Waals surface area contributed by atoms with Crippen molar-refractivity contribution in [2.75, 3.05) is 25.9 Å². The van der Waals surface area contributed by atoms with Crippen molar-refractivity contribution in [2.24, 2.45) is 0 Å². The molecule has 0 radical (unpaired) electrons. The van der Waals surface area contributed by atoms with Gasteiger partial charge in [0.2, 0.25) is 15.9 Å². The van der Waals surface area contributed by atoms with E-state index in [9.17, 15) is 18.0 Å². The maximum Gasteiger partial charge on any atom is 0.335 e. The maximum absolute atomic E-state index is 12.4. The molecule has 1 fully saturated rings. The highest BCUT2D eigenvalue weighted by Crippen LogP contribution is 2.16. The van der Waals surface area contributed by atoms with Gasteiger partial charge < -0.3 is 10.0 Å². The molecule has 1 heterocycles. The fraction of sp³-hybridized carbons (Fsp3) is 0.467. The van der Waals surface area contributed by atoms with Gasteiger partial charge in [-0.25, -0.2) is 13.2 Å². The van der Waals surface area contributed by atoms with Crippen LogP contribution in [0.25, 0.3) is 0 Å². The molecule has 1 aliphatic heterocycles.